The maximum atomic E-state index is 12.2. The number of aryl methyl sites for hydroxylation is 2. The average Bonchev–Trinajstić information content (AvgIpc) is 2.51. The van der Waals surface area contributed by atoms with Crippen molar-refractivity contribution in [3.8, 4) is 11.5 Å². The van der Waals surface area contributed by atoms with Crippen LogP contribution in [0.2, 0.25) is 0 Å². The molecule has 0 saturated carbocycles. The highest BCUT2D eigenvalue weighted by Gasteiger charge is 2.17. The third-order valence-corrected chi connectivity index (χ3v) is 3.43. The molecule has 0 heterocycles. The molecule has 0 aliphatic rings. The molecule has 1 amide bonds. The van der Waals surface area contributed by atoms with Crippen molar-refractivity contribution in [2.45, 2.75) is 26.9 Å². The SMILES string of the molecule is COc1ccc(NC(=O)C(C)Oc2c(C)cccc2C)cc1. The van der Waals surface area contributed by atoms with Gasteiger partial charge in [0.25, 0.3) is 5.91 Å². The highest BCUT2D eigenvalue weighted by molar-refractivity contribution is 5.94. The van der Waals surface area contributed by atoms with Gasteiger partial charge in [-0.15, -0.1) is 0 Å². The molecular weight excluding hydrogens is 278 g/mol. The summed E-state index contributed by atoms with van der Waals surface area (Å²) in [5, 5.41) is 2.83. The van der Waals surface area contributed by atoms with Crippen LogP contribution in [0.5, 0.6) is 11.5 Å². The highest BCUT2D eigenvalue weighted by atomic mass is 16.5. The Morgan fingerprint density at radius 2 is 1.64 bits per heavy atom. The second kappa shape index (κ2) is 6.98. The summed E-state index contributed by atoms with van der Waals surface area (Å²) in [6.45, 7) is 5.68. The van der Waals surface area contributed by atoms with Crippen LogP contribution in [0.25, 0.3) is 0 Å². The summed E-state index contributed by atoms with van der Waals surface area (Å²) < 4.78 is 10.9. The van der Waals surface area contributed by atoms with Crippen molar-refractivity contribution in [2.24, 2.45) is 0 Å². The lowest BCUT2D eigenvalue weighted by Crippen LogP contribution is -2.30. The lowest BCUT2D eigenvalue weighted by molar-refractivity contribution is -0.122. The van der Waals surface area contributed by atoms with Gasteiger partial charge < -0.3 is 14.8 Å². The Hall–Kier alpha value is -2.49. The zero-order chi connectivity index (χ0) is 16.1. The quantitative estimate of drug-likeness (QED) is 0.915. The van der Waals surface area contributed by atoms with E-state index < -0.39 is 6.10 Å². The van der Waals surface area contributed by atoms with Crippen molar-refractivity contribution in [3.63, 3.8) is 0 Å². The number of rotatable bonds is 5. The Morgan fingerprint density at radius 3 is 2.18 bits per heavy atom. The molecule has 2 rings (SSSR count). The van der Waals surface area contributed by atoms with E-state index in [2.05, 4.69) is 5.32 Å². The lowest BCUT2D eigenvalue weighted by atomic mass is 10.1. The fourth-order valence-corrected chi connectivity index (χ4v) is 2.13. The molecule has 2 aromatic rings. The number of methoxy groups -OCH3 is 1. The molecular formula is C18H21NO3. The van der Waals surface area contributed by atoms with Gasteiger partial charge in [0.2, 0.25) is 0 Å². The molecule has 22 heavy (non-hydrogen) atoms. The number of hydrogen-bond acceptors (Lipinski definition) is 3. The highest BCUT2D eigenvalue weighted by Crippen LogP contribution is 2.24. The van der Waals surface area contributed by atoms with E-state index in [1.54, 1.807) is 38.3 Å². The smallest absolute Gasteiger partial charge is 0.265 e. The number of hydrogen-bond donors (Lipinski definition) is 1. The molecule has 116 valence electrons. The minimum Gasteiger partial charge on any atom is -0.497 e. The van der Waals surface area contributed by atoms with E-state index >= 15 is 0 Å². The fraction of sp³-hybridized carbons (Fsp3) is 0.278. The van der Waals surface area contributed by atoms with Gasteiger partial charge in [-0.25, -0.2) is 0 Å². The maximum absolute atomic E-state index is 12.2. The molecule has 0 radical (unpaired) electrons. The third kappa shape index (κ3) is 3.79. The number of nitrogens with one attached hydrogen (secondary N) is 1. The van der Waals surface area contributed by atoms with Crippen LogP contribution in [0.3, 0.4) is 0 Å². The van der Waals surface area contributed by atoms with Crippen LogP contribution < -0.4 is 14.8 Å². The minimum atomic E-state index is -0.582. The molecule has 0 fully saturated rings. The van der Waals surface area contributed by atoms with Gasteiger partial charge in [-0.2, -0.15) is 0 Å². The Bertz CT molecular complexity index is 630. The van der Waals surface area contributed by atoms with Gasteiger partial charge in [-0.3, -0.25) is 4.79 Å². The van der Waals surface area contributed by atoms with Crippen LogP contribution >= 0.6 is 0 Å². The Morgan fingerprint density at radius 1 is 1.05 bits per heavy atom. The number of benzene rings is 2. The lowest BCUT2D eigenvalue weighted by Gasteiger charge is -2.18. The molecule has 2 aromatic carbocycles. The van der Waals surface area contributed by atoms with Crippen LogP contribution in [-0.2, 0) is 4.79 Å². The summed E-state index contributed by atoms with van der Waals surface area (Å²) in [5.74, 6) is 1.32. The van der Waals surface area contributed by atoms with Crippen LogP contribution in [0.1, 0.15) is 18.1 Å². The van der Waals surface area contributed by atoms with E-state index in [9.17, 15) is 4.79 Å². The summed E-state index contributed by atoms with van der Waals surface area (Å²) in [6.07, 6.45) is -0.582. The van der Waals surface area contributed by atoms with Crippen molar-refractivity contribution in [2.75, 3.05) is 12.4 Å². The van der Waals surface area contributed by atoms with Gasteiger partial charge in [0.05, 0.1) is 7.11 Å². The fourth-order valence-electron chi connectivity index (χ4n) is 2.13. The average molecular weight is 299 g/mol. The van der Waals surface area contributed by atoms with E-state index in [1.165, 1.54) is 0 Å². The van der Waals surface area contributed by atoms with E-state index in [0.717, 1.165) is 22.6 Å². The number of anilines is 1. The number of ether oxygens (including phenoxy) is 2. The molecule has 4 nitrogen and oxygen atoms in total. The standard InChI is InChI=1S/C18H21NO3/c1-12-6-5-7-13(2)17(12)22-14(3)18(20)19-15-8-10-16(21-4)11-9-15/h5-11,14H,1-4H3,(H,19,20). The first-order valence-corrected chi connectivity index (χ1v) is 7.19. The van der Waals surface area contributed by atoms with Gasteiger partial charge >= 0.3 is 0 Å². The van der Waals surface area contributed by atoms with Crippen molar-refractivity contribution < 1.29 is 14.3 Å². The largest absolute Gasteiger partial charge is 0.497 e. The molecule has 4 heteroatoms. The van der Waals surface area contributed by atoms with Crippen molar-refractivity contribution >= 4 is 11.6 Å². The molecule has 0 aliphatic heterocycles. The van der Waals surface area contributed by atoms with E-state index in [-0.39, 0.29) is 5.91 Å². The van der Waals surface area contributed by atoms with E-state index in [0.29, 0.717) is 5.69 Å². The topological polar surface area (TPSA) is 47.6 Å². The molecule has 1 atom stereocenters. The zero-order valence-electron chi connectivity index (χ0n) is 13.3. The predicted molar refractivity (Wildman–Crippen MR) is 87.6 cm³/mol. The maximum Gasteiger partial charge on any atom is 0.265 e. The second-order valence-corrected chi connectivity index (χ2v) is 5.20. The minimum absolute atomic E-state index is 0.187. The first-order valence-electron chi connectivity index (χ1n) is 7.19. The van der Waals surface area contributed by atoms with Gasteiger partial charge in [0.15, 0.2) is 6.10 Å². The molecule has 1 N–H and O–H groups in total. The van der Waals surface area contributed by atoms with Crippen LogP contribution in [-0.4, -0.2) is 19.1 Å². The van der Waals surface area contributed by atoms with Crippen LogP contribution in [0.4, 0.5) is 5.69 Å². The summed E-state index contributed by atoms with van der Waals surface area (Å²) in [4.78, 5) is 12.2. The molecule has 0 aliphatic carbocycles. The molecule has 1 unspecified atom stereocenters. The normalized spacial score (nSPS) is 11.6. The Balaban J connectivity index is 2.02. The predicted octanol–water partition coefficient (Wildman–Crippen LogP) is 3.72. The summed E-state index contributed by atoms with van der Waals surface area (Å²) in [5.41, 5.74) is 2.75. The van der Waals surface area contributed by atoms with Gasteiger partial charge in [0, 0.05) is 5.69 Å². The van der Waals surface area contributed by atoms with Gasteiger partial charge in [-0.05, 0) is 56.2 Å². The summed E-state index contributed by atoms with van der Waals surface area (Å²) >= 11 is 0. The van der Waals surface area contributed by atoms with Gasteiger partial charge in [-0.1, -0.05) is 18.2 Å². The Kier molecular flexibility index (Phi) is 5.04. The first-order chi connectivity index (χ1) is 10.5. The van der Waals surface area contributed by atoms with Crippen molar-refractivity contribution in [1.82, 2.24) is 0 Å². The van der Waals surface area contributed by atoms with Crippen molar-refractivity contribution in [1.29, 1.82) is 0 Å². The first kappa shape index (κ1) is 15.9. The molecule has 0 spiro atoms. The van der Waals surface area contributed by atoms with E-state index in [4.69, 9.17) is 9.47 Å². The second-order valence-electron chi connectivity index (χ2n) is 5.20. The van der Waals surface area contributed by atoms with Crippen LogP contribution in [0.15, 0.2) is 42.5 Å². The molecule has 0 saturated heterocycles. The zero-order valence-corrected chi connectivity index (χ0v) is 13.3. The monoisotopic (exact) mass is 299 g/mol. The van der Waals surface area contributed by atoms with Crippen molar-refractivity contribution in [3.05, 3.63) is 53.6 Å². The summed E-state index contributed by atoms with van der Waals surface area (Å²) in [6, 6.07) is 13.1. The van der Waals surface area contributed by atoms with Crippen LogP contribution in [0, 0.1) is 13.8 Å². The molecule has 0 bridgehead atoms. The third-order valence-electron chi connectivity index (χ3n) is 3.43. The summed E-state index contributed by atoms with van der Waals surface area (Å²) in [7, 11) is 1.61. The number of amides is 1. The number of carbonyl (C=O) groups is 1. The van der Waals surface area contributed by atoms with E-state index in [1.807, 2.05) is 32.0 Å². The Labute approximate surface area is 131 Å². The van der Waals surface area contributed by atoms with Gasteiger partial charge in [0.1, 0.15) is 11.5 Å². The number of para-hydroxylation sites is 1. The number of carbonyl (C=O) groups excluding carboxylic acids is 1. The molecule has 0 aromatic heterocycles.